The zero-order valence-corrected chi connectivity index (χ0v) is 19.9. The van der Waals surface area contributed by atoms with E-state index in [0.29, 0.717) is 16.9 Å². The van der Waals surface area contributed by atoms with Gasteiger partial charge in [0.2, 0.25) is 0 Å². The maximum atomic E-state index is 11.5. The van der Waals surface area contributed by atoms with Crippen LogP contribution in [-0.2, 0) is 9.53 Å². The van der Waals surface area contributed by atoms with Crippen molar-refractivity contribution < 1.29 is 14.3 Å². The average molecular weight is 461 g/mol. The van der Waals surface area contributed by atoms with E-state index in [4.69, 9.17) is 14.5 Å². The maximum absolute atomic E-state index is 11.5. The molecule has 2 fully saturated rings. The number of hydrogen-bond donors (Lipinski definition) is 2. The van der Waals surface area contributed by atoms with Crippen LogP contribution in [-0.4, -0.2) is 69.5 Å². The monoisotopic (exact) mass is 460 g/mol. The molecule has 1 amide bonds. The lowest BCUT2D eigenvalue weighted by Crippen LogP contribution is -2.45. The summed E-state index contributed by atoms with van der Waals surface area (Å²) in [6.07, 6.45) is 6.58. The Labute approximate surface area is 200 Å². The van der Waals surface area contributed by atoms with Crippen LogP contribution in [0.1, 0.15) is 31.2 Å². The predicted molar refractivity (Wildman–Crippen MR) is 131 cm³/mol. The molecule has 7 nitrogen and oxygen atoms in total. The van der Waals surface area contributed by atoms with Crippen molar-refractivity contribution in [3.63, 3.8) is 0 Å². The zero-order valence-electron chi connectivity index (χ0n) is 19.9. The van der Waals surface area contributed by atoms with E-state index in [1.54, 1.807) is 14.2 Å². The summed E-state index contributed by atoms with van der Waals surface area (Å²) in [5, 5.41) is 6.18. The normalized spacial score (nSPS) is 26.2. The van der Waals surface area contributed by atoms with Crippen LogP contribution in [0, 0.1) is 5.41 Å². The summed E-state index contributed by atoms with van der Waals surface area (Å²) in [6, 6.07) is 8.05. The quantitative estimate of drug-likeness (QED) is 0.639. The van der Waals surface area contributed by atoms with Crippen molar-refractivity contribution in [1.29, 1.82) is 0 Å². The minimum absolute atomic E-state index is 0.00391. The Balaban J connectivity index is 1.40. The van der Waals surface area contributed by atoms with Crippen molar-refractivity contribution in [1.82, 2.24) is 15.5 Å². The lowest BCUT2D eigenvalue weighted by Gasteiger charge is -2.37. The van der Waals surface area contributed by atoms with Gasteiger partial charge >= 0.3 is 0 Å². The topological polar surface area (TPSA) is 75.2 Å². The first-order chi connectivity index (χ1) is 16.6. The number of likely N-dealkylation sites (N-methyl/N-ethyl adjacent to an activating group) is 1. The molecule has 0 aromatic heterocycles. The highest BCUT2D eigenvalue weighted by Crippen LogP contribution is 2.41. The molecular formula is C27H32N4O3. The number of fused-ring (bicyclic) bond motifs is 1. The van der Waals surface area contributed by atoms with Crippen LogP contribution in [0.4, 0.5) is 0 Å². The second kappa shape index (κ2) is 9.65. The third kappa shape index (κ3) is 4.61. The fourth-order valence-electron chi connectivity index (χ4n) is 5.44. The van der Waals surface area contributed by atoms with Gasteiger partial charge in [0.15, 0.2) is 12.4 Å². The number of nitrogens with zero attached hydrogens (tertiary/aromatic N) is 2. The van der Waals surface area contributed by atoms with Crippen LogP contribution in [0.15, 0.2) is 63.8 Å². The summed E-state index contributed by atoms with van der Waals surface area (Å²) in [7, 11) is 3.25. The molecule has 34 heavy (non-hydrogen) atoms. The summed E-state index contributed by atoms with van der Waals surface area (Å²) in [6.45, 7) is 4.44. The van der Waals surface area contributed by atoms with Gasteiger partial charge in [-0.2, -0.15) is 0 Å². The molecule has 7 heteroatoms. The zero-order chi connectivity index (χ0) is 23.5. The summed E-state index contributed by atoms with van der Waals surface area (Å²) in [5.41, 5.74) is 11.0. The third-order valence-corrected chi connectivity index (χ3v) is 7.36. The van der Waals surface area contributed by atoms with Crippen LogP contribution in [0.2, 0.25) is 0 Å². The number of piperidine rings is 1. The summed E-state index contributed by atoms with van der Waals surface area (Å²) in [4.78, 5) is 19.1. The van der Waals surface area contributed by atoms with Gasteiger partial charge in [-0.05, 0) is 73.3 Å². The number of benzene rings is 1. The first-order valence-corrected chi connectivity index (χ1v) is 12.1. The summed E-state index contributed by atoms with van der Waals surface area (Å²) < 4.78 is 11.0. The number of aliphatic imine (C=N–C) groups is 1. The number of allylic oxidation sites excluding steroid dienone is 1. The van der Waals surface area contributed by atoms with E-state index in [1.807, 2.05) is 30.3 Å². The number of hydrogen-bond acceptors (Lipinski definition) is 6. The van der Waals surface area contributed by atoms with Crippen LogP contribution in [0.25, 0.3) is 0 Å². The molecule has 1 spiro atoms. The number of ether oxygens (including phenoxy) is 2. The molecule has 2 unspecified atom stereocenters. The van der Waals surface area contributed by atoms with Crippen LogP contribution >= 0.6 is 0 Å². The van der Waals surface area contributed by atoms with Crippen molar-refractivity contribution >= 4 is 11.6 Å². The van der Waals surface area contributed by atoms with Gasteiger partial charge < -0.3 is 20.1 Å². The molecule has 2 N–H and O–H groups in total. The third-order valence-electron chi connectivity index (χ3n) is 7.36. The molecule has 0 radical (unpaired) electrons. The lowest BCUT2D eigenvalue weighted by atomic mass is 9.80. The highest BCUT2D eigenvalue weighted by atomic mass is 16.5. The average Bonchev–Trinajstić information content (AvgIpc) is 3.29. The lowest BCUT2D eigenvalue weighted by molar-refractivity contribution is -0.122. The molecule has 0 saturated carbocycles. The van der Waals surface area contributed by atoms with E-state index in [0.717, 1.165) is 55.1 Å². The van der Waals surface area contributed by atoms with Gasteiger partial charge in [-0.15, -0.1) is 0 Å². The Hall–Kier alpha value is -3.08. The number of carbonyl (C=O) groups excluding carboxylic acids is 1. The molecule has 3 heterocycles. The molecule has 178 valence electrons. The van der Waals surface area contributed by atoms with Crippen LogP contribution < -0.4 is 15.4 Å². The number of carbonyl (C=O) groups is 1. The van der Waals surface area contributed by atoms with Gasteiger partial charge in [0.05, 0.1) is 24.6 Å². The van der Waals surface area contributed by atoms with Gasteiger partial charge in [-0.1, -0.05) is 5.73 Å². The Bertz CT molecular complexity index is 1120. The van der Waals surface area contributed by atoms with Gasteiger partial charge in [0.1, 0.15) is 5.75 Å². The molecular weight excluding hydrogens is 428 g/mol. The molecule has 5 rings (SSSR count). The first kappa shape index (κ1) is 22.7. The van der Waals surface area contributed by atoms with E-state index in [-0.39, 0.29) is 18.6 Å². The molecule has 2 atom stereocenters. The maximum Gasteiger partial charge on any atom is 0.257 e. The minimum atomic E-state index is -0.154. The van der Waals surface area contributed by atoms with Crippen molar-refractivity contribution in [3.05, 3.63) is 64.4 Å². The standard InChI is InChI=1S/C27H32N4O3/c1-28-26(32)16-34-20-6-4-19(5-7-20)23-15-25(22-9-8-21(33-2)14-24(22)30-23)31-13-11-27(18-31)10-3-12-29-17-27/h4-7,14,25,29H,3,10-13,15-18H2,1-2H3,(H,28,32). The predicted octanol–water partition coefficient (Wildman–Crippen LogP) is 2.56. The number of nitrogens with one attached hydrogen (secondary N) is 2. The molecule has 1 aromatic rings. The molecule has 3 aliphatic heterocycles. The smallest absolute Gasteiger partial charge is 0.257 e. The fraction of sp³-hybridized carbons (Fsp3) is 0.481. The highest BCUT2D eigenvalue weighted by molar-refractivity contribution is 6.03. The SMILES string of the molecule is CNC(=O)COc1ccc(C2=NC3=CC(OC)=C=C=C3C(N3CCC4(CCCNC4)C3)C2)cc1. The summed E-state index contributed by atoms with van der Waals surface area (Å²) >= 11 is 0. The molecule has 1 aromatic carbocycles. The van der Waals surface area contributed by atoms with Crippen molar-refractivity contribution in [2.24, 2.45) is 10.4 Å². The van der Waals surface area contributed by atoms with E-state index in [9.17, 15) is 4.79 Å². The Morgan fingerprint density at radius 3 is 2.88 bits per heavy atom. The molecule has 1 aliphatic carbocycles. The Morgan fingerprint density at radius 1 is 1.29 bits per heavy atom. The Morgan fingerprint density at radius 2 is 2.15 bits per heavy atom. The van der Waals surface area contributed by atoms with E-state index in [2.05, 4.69) is 27.0 Å². The molecule has 2 saturated heterocycles. The van der Waals surface area contributed by atoms with Gasteiger partial charge in [0.25, 0.3) is 5.91 Å². The van der Waals surface area contributed by atoms with Gasteiger partial charge in [0, 0.05) is 38.2 Å². The highest BCUT2D eigenvalue weighted by Gasteiger charge is 2.43. The van der Waals surface area contributed by atoms with Gasteiger partial charge in [-0.3, -0.25) is 14.7 Å². The number of rotatable bonds is 6. The van der Waals surface area contributed by atoms with Crippen LogP contribution in [0.5, 0.6) is 5.75 Å². The minimum Gasteiger partial charge on any atom is -0.489 e. The molecule has 0 bridgehead atoms. The fourth-order valence-corrected chi connectivity index (χ4v) is 5.44. The molecule has 4 aliphatic rings. The second-order valence-corrected chi connectivity index (χ2v) is 9.53. The number of methoxy groups -OCH3 is 1. The summed E-state index contributed by atoms with van der Waals surface area (Å²) in [5.74, 6) is 1.16. The van der Waals surface area contributed by atoms with Crippen molar-refractivity contribution in [3.8, 4) is 5.75 Å². The van der Waals surface area contributed by atoms with E-state index >= 15 is 0 Å². The second-order valence-electron chi connectivity index (χ2n) is 9.53. The first-order valence-electron chi connectivity index (χ1n) is 12.1. The largest absolute Gasteiger partial charge is 0.489 e. The van der Waals surface area contributed by atoms with Crippen molar-refractivity contribution in [2.45, 2.75) is 31.7 Å². The van der Waals surface area contributed by atoms with Crippen LogP contribution in [0.3, 0.4) is 0 Å². The van der Waals surface area contributed by atoms with E-state index < -0.39 is 0 Å². The van der Waals surface area contributed by atoms with Crippen molar-refractivity contribution in [2.75, 3.05) is 46.9 Å². The Kier molecular flexibility index (Phi) is 6.44. The number of likely N-dealkylation sites (tertiary alicyclic amines) is 1. The van der Waals surface area contributed by atoms with E-state index in [1.165, 1.54) is 19.3 Å². The van der Waals surface area contributed by atoms with Gasteiger partial charge in [-0.25, -0.2) is 0 Å². The number of amides is 1.